The summed E-state index contributed by atoms with van der Waals surface area (Å²) >= 11 is 4.88. The van der Waals surface area contributed by atoms with Gasteiger partial charge in [0.05, 0.1) is 4.91 Å². The Bertz CT molecular complexity index is 376. The second-order valence-electron chi connectivity index (χ2n) is 2.58. The van der Waals surface area contributed by atoms with Gasteiger partial charge in [-0.2, -0.15) is 0 Å². The van der Waals surface area contributed by atoms with Crippen molar-refractivity contribution in [2.45, 2.75) is 13.3 Å². The molecule has 0 radical (unpaired) electrons. The maximum absolute atomic E-state index is 10.9. The number of halogens is 1. The third-order valence-electron chi connectivity index (χ3n) is 1.50. The number of hydrogen-bond acceptors (Lipinski definition) is 3. The van der Waals surface area contributed by atoms with E-state index >= 15 is 0 Å². The molecule has 0 aromatic rings. The molecule has 2 nitrogen and oxygen atoms in total. The number of rotatable bonds is 1. The van der Waals surface area contributed by atoms with Gasteiger partial charge in [0.2, 0.25) is 0 Å². The summed E-state index contributed by atoms with van der Waals surface area (Å²) in [6.45, 7) is 1.89. The quantitative estimate of drug-likeness (QED) is 0.504. The van der Waals surface area contributed by atoms with Gasteiger partial charge in [-0.15, -0.1) is 0 Å². The number of thiocarbonyl (C=S) groups is 1. The smallest absolute Gasteiger partial charge is 0.207 e. The molecule has 0 saturated heterocycles. The van der Waals surface area contributed by atoms with E-state index in [9.17, 15) is 8.42 Å². The SMILES string of the molecule is CC1=CC=C(S(=O)(=O)Cl)C(=S)C1. The van der Waals surface area contributed by atoms with Crippen molar-refractivity contribution in [3.8, 4) is 0 Å². The highest BCUT2D eigenvalue weighted by molar-refractivity contribution is 8.18. The highest BCUT2D eigenvalue weighted by Crippen LogP contribution is 2.22. The molecule has 0 bridgehead atoms. The fraction of sp³-hybridized carbons (Fsp3) is 0.286. The van der Waals surface area contributed by atoms with Crippen molar-refractivity contribution in [1.82, 2.24) is 0 Å². The minimum Gasteiger partial charge on any atom is -0.207 e. The predicted octanol–water partition coefficient (Wildman–Crippen LogP) is 2.16. The van der Waals surface area contributed by atoms with Gasteiger partial charge in [0.25, 0.3) is 9.05 Å². The Morgan fingerprint density at radius 2 is 2.08 bits per heavy atom. The Morgan fingerprint density at radius 3 is 2.50 bits per heavy atom. The summed E-state index contributed by atoms with van der Waals surface area (Å²) in [5.41, 5.74) is 1.05. The first-order valence-electron chi connectivity index (χ1n) is 3.26. The molecule has 1 rings (SSSR count). The molecule has 0 heterocycles. The van der Waals surface area contributed by atoms with E-state index in [-0.39, 0.29) is 4.91 Å². The number of allylic oxidation sites excluding steroid dienone is 4. The lowest BCUT2D eigenvalue weighted by molar-refractivity contribution is 0.616. The lowest BCUT2D eigenvalue weighted by Crippen LogP contribution is -2.09. The molecular formula is C7H7ClO2S2. The highest BCUT2D eigenvalue weighted by Gasteiger charge is 2.20. The van der Waals surface area contributed by atoms with Gasteiger partial charge in [0.15, 0.2) is 0 Å². The van der Waals surface area contributed by atoms with Gasteiger partial charge in [-0.25, -0.2) is 8.42 Å². The zero-order valence-corrected chi connectivity index (χ0v) is 8.76. The Balaban J connectivity index is 3.16. The summed E-state index contributed by atoms with van der Waals surface area (Å²) in [5, 5.41) is 0. The first-order chi connectivity index (χ1) is 5.41. The molecule has 0 atom stereocenters. The number of hydrogen-bond donors (Lipinski definition) is 0. The van der Waals surface area contributed by atoms with E-state index in [1.165, 1.54) is 6.08 Å². The summed E-state index contributed by atoms with van der Waals surface area (Å²) in [7, 11) is 1.49. The van der Waals surface area contributed by atoms with E-state index in [0.29, 0.717) is 11.3 Å². The van der Waals surface area contributed by atoms with Crippen molar-refractivity contribution in [2.75, 3.05) is 0 Å². The van der Waals surface area contributed by atoms with E-state index < -0.39 is 9.05 Å². The van der Waals surface area contributed by atoms with Gasteiger partial charge < -0.3 is 0 Å². The van der Waals surface area contributed by atoms with Crippen molar-refractivity contribution in [3.05, 3.63) is 22.6 Å². The van der Waals surface area contributed by atoms with E-state index in [1.807, 2.05) is 6.92 Å². The van der Waals surface area contributed by atoms with Crippen LogP contribution in [-0.4, -0.2) is 13.3 Å². The van der Waals surface area contributed by atoms with Crippen molar-refractivity contribution < 1.29 is 8.42 Å². The largest absolute Gasteiger partial charge is 0.262 e. The molecule has 0 unspecified atom stereocenters. The van der Waals surface area contributed by atoms with E-state index in [1.54, 1.807) is 6.08 Å². The van der Waals surface area contributed by atoms with Crippen LogP contribution >= 0.6 is 22.9 Å². The normalized spacial score (nSPS) is 18.7. The van der Waals surface area contributed by atoms with Crippen molar-refractivity contribution in [3.63, 3.8) is 0 Å². The molecule has 0 spiro atoms. The average molecular weight is 223 g/mol. The average Bonchev–Trinajstić information content (AvgIpc) is 1.83. The zero-order valence-electron chi connectivity index (χ0n) is 6.37. The van der Waals surface area contributed by atoms with Gasteiger partial charge in [-0.3, -0.25) is 0 Å². The van der Waals surface area contributed by atoms with E-state index in [2.05, 4.69) is 0 Å². The Morgan fingerprint density at radius 1 is 1.50 bits per heavy atom. The van der Waals surface area contributed by atoms with E-state index in [4.69, 9.17) is 22.9 Å². The van der Waals surface area contributed by atoms with Crippen molar-refractivity contribution in [1.29, 1.82) is 0 Å². The molecule has 0 aromatic carbocycles. The van der Waals surface area contributed by atoms with Gasteiger partial charge in [-0.1, -0.05) is 23.9 Å². The summed E-state index contributed by atoms with van der Waals surface area (Å²) in [5.74, 6) is 0. The fourth-order valence-electron chi connectivity index (χ4n) is 0.927. The molecule has 12 heavy (non-hydrogen) atoms. The van der Waals surface area contributed by atoms with Crippen LogP contribution in [-0.2, 0) is 9.05 Å². The molecular weight excluding hydrogens is 216 g/mol. The molecule has 0 amide bonds. The van der Waals surface area contributed by atoms with Crippen molar-refractivity contribution >= 4 is 36.8 Å². The van der Waals surface area contributed by atoms with E-state index in [0.717, 1.165) is 5.57 Å². The molecule has 0 fully saturated rings. The standard InChI is InChI=1S/C7H7ClO2S2/c1-5-2-3-7(6(11)4-5)12(8,9)10/h2-3H,4H2,1H3. The second kappa shape index (κ2) is 3.28. The van der Waals surface area contributed by atoms with Gasteiger partial charge >= 0.3 is 0 Å². The third-order valence-corrected chi connectivity index (χ3v) is 3.40. The van der Waals surface area contributed by atoms with Crippen molar-refractivity contribution in [2.24, 2.45) is 0 Å². The zero-order chi connectivity index (χ0) is 9.35. The summed E-state index contributed by atoms with van der Waals surface area (Å²) in [4.78, 5) is 0.453. The van der Waals surface area contributed by atoms with Crippen LogP contribution in [0.4, 0.5) is 0 Å². The topological polar surface area (TPSA) is 34.1 Å². The molecule has 0 aromatic heterocycles. The van der Waals surface area contributed by atoms with Crippen LogP contribution in [0.25, 0.3) is 0 Å². The van der Waals surface area contributed by atoms with Crippen LogP contribution in [0, 0.1) is 0 Å². The maximum Gasteiger partial charge on any atom is 0.262 e. The first kappa shape index (κ1) is 9.89. The Hall–Kier alpha value is -0.190. The highest BCUT2D eigenvalue weighted by atomic mass is 35.7. The Labute approximate surface area is 81.3 Å². The molecule has 0 N–H and O–H groups in total. The Kier molecular flexibility index (Phi) is 2.70. The summed E-state index contributed by atoms with van der Waals surface area (Å²) < 4.78 is 21.8. The third kappa shape index (κ3) is 2.15. The van der Waals surface area contributed by atoms with Crippen LogP contribution in [0.2, 0.25) is 0 Å². The monoisotopic (exact) mass is 222 g/mol. The van der Waals surface area contributed by atoms with Gasteiger partial charge in [-0.05, 0) is 13.0 Å². The lowest BCUT2D eigenvalue weighted by atomic mass is 10.1. The lowest BCUT2D eigenvalue weighted by Gasteiger charge is -2.09. The van der Waals surface area contributed by atoms with Crippen LogP contribution in [0.3, 0.4) is 0 Å². The molecule has 66 valence electrons. The first-order valence-corrected chi connectivity index (χ1v) is 5.98. The summed E-state index contributed by atoms with van der Waals surface area (Å²) in [6.07, 6.45) is 3.67. The van der Waals surface area contributed by atoms with Crippen LogP contribution < -0.4 is 0 Å². The minimum atomic E-state index is -3.65. The molecule has 1 aliphatic carbocycles. The molecule has 1 aliphatic rings. The predicted molar refractivity (Wildman–Crippen MR) is 53.8 cm³/mol. The van der Waals surface area contributed by atoms with Crippen LogP contribution in [0.15, 0.2) is 22.6 Å². The minimum absolute atomic E-state index is 0.0600. The van der Waals surface area contributed by atoms with Gasteiger partial charge in [0, 0.05) is 22.0 Å². The fourth-order valence-corrected chi connectivity index (χ4v) is 2.70. The van der Waals surface area contributed by atoms with Crippen LogP contribution in [0.1, 0.15) is 13.3 Å². The molecule has 0 aliphatic heterocycles. The summed E-state index contributed by atoms with van der Waals surface area (Å²) in [6, 6.07) is 0. The molecule has 0 saturated carbocycles. The molecule has 5 heteroatoms. The van der Waals surface area contributed by atoms with Crippen LogP contribution in [0.5, 0.6) is 0 Å². The second-order valence-corrected chi connectivity index (χ2v) is 5.61. The maximum atomic E-state index is 10.9. The van der Waals surface area contributed by atoms with Gasteiger partial charge in [0.1, 0.15) is 0 Å².